The lowest BCUT2D eigenvalue weighted by atomic mass is 10.1. The van der Waals surface area contributed by atoms with Crippen LogP contribution in [-0.4, -0.2) is 61.5 Å². The van der Waals surface area contributed by atoms with Crippen molar-refractivity contribution >= 4 is 0 Å². The fraction of sp³-hybridized carbons (Fsp3) is 0.318. The number of aromatic nitrogens is 3. The predicted octanol–water partition coefficient (Wildman–Crippen LogP) is -0.260. The van der Waals surface area contributed by atoms with Gasteiger partial charge >= 0.3 is 5.69 Å². The first-order valence-electron chi connectivity index (χ1n) is 9.96. The molecule has 0 spiro atoms. The average molecular weight is 441 g/mol. The van der Waals surface area contributed by atoms with Crippen molar-refractivity contribution in [1.29, 1.82) is 0 Å². The summed E-state index contributed by atoms with van der Waals surface area (Å²) in [6.07, 6.45) is -2.28. The molecule has 2 aromatic heterocycles. The highest BCUT2D eigenvalue weighted by atomic mass is 16.6. The van der Waals surface area contributed by atoms with Crippen LogP contribution < -0.4 is 16.0 Å². The number of rotatable bonds is 6. The summed E-state index contributed by atoms with van der Waals surface area (Å²) in [4.78, 5) is 29.7. The largest absolute Gasteiger partial charge is 0.497 e. The Balaban J connectivity index is 1.65. The van der Waals surface area contributed by atoms with Gasteiger partial charge in [0.1, 0.15) is 24.1 Å². The average Bonchev–Trinajstić information content (AvgIpc) is 3.10. The van der Waals surface area contributed by atoms with Crippen molar-refractivity contribution < 1.29 is 24.8 Å². The van der Waals surface area contributed by atoms with E-state index in [-0.39, 0.29) is 6.54 Å². The van der Waals surface area contributed by atoms with Crippen LogP contribution in [-0.2, 0) is 11.3 Å². The number of aliphatic hydroxyl groups is 3. The summed E-state index contributed by atoms with van der Waals surface area (Å²) in [5.41, 5.74) is 0.972. The number of methoxy groups -OCH3 is 1. The minimum atomic E-state index is -1.44. The van der Waals surface area contributed by atoms with Crippen LogP contribution in [0.4, 0.5) is 0 Å². The van der Waals surface area contributed by atoms with Crippen molar-refractivity contribution in [3.63, 3.8) is 0 Å². The quantitative estimate of drug-likeness (QED) is 0.476. The van der Waals surface area contributed by atoms with E-state index in [4.69, 9.17) is 9.47 Å². The number of hydrogen-bond donors (Lipinski definition) is 3. The molecule has 1 fully saturated rings. The Bertz CT molecular complexity index is 1210. The van der Waals surface area contributed by atoms with Gasteiger partial charge in [0.2, 0.25) is 0 Å². The van der Waals surface area contributed by atoms with Crippen LogP contribution in [0, 0.1) is 0 Å². The van der Waals surface area contributed by atoms with Gasteiger partial charge in [-0.3, -0.25) is 18.9 Å². The number of aliphatic hydroxyl groups excluding tert-OH is 3. The maximum Gasteiger partial charge on any atom is 0.333 e. The zero-order valence-electron chi connectivity index (χ0n) is 17.2. The van der Waals surface area contributed by atoms with Crippen LogP contribution in [0.5, 0.6) is 5.75 Å². The molecule has 4 atom stereocenters. The van der Waals surface area contributed by atoms with E-state index < -0.39 is 42.4 Å². The first-order chi connectivity index (χ1) is 15.4. The molecular formula is C22H23N3O7. The van der Waals surface area contributed by atoms with E-state index in [1.807, 2.05) is 30.3 Å². The van der Waals surface area contributed by atoms with Crippen LogP contribution in [0.2, 0.25) is 0 Å². The van der Waals surface area contributed by atoms with Gasteiger partial charge in [-0.15, -0.1) is 0 Å². The highest BCUT2D eigenvalue weighted by Crippen LogP contribution is 2.28. The lowest BCUT2D eigenvalue weighted by Gasteiger charge is -2.18. The minimum Gasteiger partial charge on any atom is -0.497 e. The van der Waals surface area contributed by atoms with Gasteiger partial charge in [-0.1, -0.05) is 12.1 Å². The molecule has 10 heteroatoms. The van der Waals surface area contributed by atoms with Crippen LogP contribution in [0.15, 0.2) is 64.4 Å². The van der Waals surface area contributed by atoms with Crippen molar-refractivity contribution in [2.45, 2.75) is 31.1 Å². The van der Waals surface area contributed by atoms with E-state index in [0.717, 1.165) is 26.0 Å². The molecule has 1 aliphatic rings. The van der Waals surface area contributed by atoms with Crippen molar-refractivity contribution in [2.75, 3.05) is 13.7 Å². The SMILES string of the molecule is COc1ccc(-c2ccnc(Cn3c(=O)ccn([C@@H]4O[C@H](CO)C(O)[C@@H]4O)c3=O)c2)cc1. The maximum atomic E-state index is 13.0. The lowest BCUT2D eigenvalue weighted by molar-refractivity contribution is -0.0555. The number of pyridine rings is 1. The fourth-order valence-corrected chi connectivity index (χ4v) is 3.67. The summed E-state index contributed by atoms with van der Waals surface area (Å²) >= 11 is 0. The highest BCUT2D eigenvalue weighted by Gasteiger charge is 2.43. The molecule has 1 unspecified atom stereocenters. The zero-order valence-corrected chi connectivity index (χ0v) is 17.2. The third-order valence-electron chi connectivity index (χ3n) is 5.45. The molecule has 4 rings (SSSR count). The molecule has 0 aliphatic carbocycles. The maximum absolute atomic E-state index is 13.0. The number of ether oxygens (including phenoxy) is 2. The van der Waals surface area contributed by atoms with E-state index in [1.54, 1.807) is 19.4 Å². The van der Waals surface area contributed by atoms with E-state index in [1.165, 1.54) is 12.3 Å². The van der Waals surface area contributed by atoms with Gasteiger partial charge in [-0.2, -0.15) is 0 Å². The van der Waals surface area contributed by atoms with Crippen LogP contribution in [0.1, 0.15) is 11.9 Å². The molecular weight excluding hydrogens is 418 g/mol. The Kier molecular flexibility index (Phi) is 6.19. The van der Waals surface area contributed by atoms with E-state index in [0.29, 0.717) is 5.69 Å². The number of benzene rings is 1. The molecule has 10 nitrogen and oxygen atoms in total. The molecule has 0 bridgehead atoms. The van der Waals surface area contributed by atoms with Gasteiger partial charge in [-0.25, -0.2) is 4.79 Å². The molecule has 3 heterocycles. The summed E-state index contributed by atoms with van der Waals surface area (Å²) in [6.45, 7) is -0.623. The standard InChI is InChI=1S/C22H23N3O7/c1-31-16-4-2-13(3-5-16)14-6-8-23-15(10-14)11-25-18(27)7-9-24(22(25)30)21-20(29)19(28)17(12-26)32-21/h2-10,17,19-21,26,28-29H,11-12H2,1H3/t17-,19?,20+,21-/m1/s1. The molecule has 3 N–H and O–H groups in total. The van der Waals surface area contributed by atoms with Gasteiger partial charge in [0, 0.05) is 18.5 Å². The van der Waals surface area contributed by atoms with E-state index in [9.17, 15) is 24.9 Å². The highest BCUT2D eigenvalue weighted by molar-refractivity contribution is 5.64. The first kappa shape index (κ1) is 21.9. The summed E-state index contributed by atoms with van der Waals surface area (Å²) < 4.78 is 12.6. The molecule has 0 saturated carbocycles. The molecule has 0 radical (unpaired) electrons. The predicted molar refractivity (Wildman–Crippen MR) is 113 cm³/mol. The first-order valence-corrected chi connectivity index (χ1v) is 9.96. The zero-order chi connectivity index (χ0) is 22.8. The van der Waals surface area contributed by atoms with E-state index in [2.05, 4.69) is 4.98 Å². The normalized spacial score (nSPS) is 22.8. The van der Waals surface area contributed by atoms with Gasteiger partial charge in [0.15, 0.2) is 6.23 Å². The second-order valence-electron chi connectivity index (χ2n) is 7.42. The Morgan fingerprint density at radius 2 is 1.81 bits per heavy atom. The topological polar surface area (TPSA) is 136 Å². The second-order valence-corrected chi connectivity index (χ2v) is 7.42. The van der Waals surface area contributed by atoms with Gasteiger partial charge < -0.3 is 24.8 Å². The monoisotopic (exact) mass is 441 g/mol. The minimum absolute atomic E-state index is 0.0999. The third-order valence-corrected chi connectivity index (χ3v) is 5.45. The second kappa shape index (κ2) is 9.05. The van der Waals surface area contributed by atoms with Crippen molar-refractivity contribution in [3.8, 4) is 16.9 Å². The van der Waals surface area contributed by atoms with Crippen LogP contribution >= 0.6 is 0 Å². The molecule has 1 aromatic carbocycles. The molecule has 1 saturated heterocycles. The van der Waals surface area contributed by atoms with Crippen molar-refractivity contribution in [1.82, 2.24) is 14.1 Å². The smallest absolute Gasteiger partial charge is 0.333 e. The lowest BCUT2D eigenvalue weighted by Crippen LogP contribution is -2.43. The molecule has 0 amide bonds. The molecule has 168 valence electrons. The Hall–Kier alpha value is -3.31. The number of hydrogen-bond acceptors (Lipinski definition) is 8. The van der Waals surface area contributed by atoms with E-state index >= 15 is 0 Å². The van der Waals surface area contributed by atoms with Gasteiger partial charge in [0.05, 0.1) is 26.0 Å². The molecule has 1 aliphatic heterocycles. The van der Waals surface area contributed by atoms with Crippen LogP contribution in [0.3, 0.4) is 0 Å². The molecule has 3 aromatic rings. The van der Waals surface area contributed by atoms with Crippen molar-refractivity contribution in [2.24, 2.45) is 0 Å². The van der Waals surface area contributed by atoms with Crippen molar-refractivity contribution in [3.05, 3.63) is 81.4 Å². The summed E-state index contributed by atoms with van der Waals surface area (Å²) in [6, 6.07) is 12.2. The summed E-state index contributed by atoms with van der Waals surface area (Å²) in [5, 5.41) is 29.5. The summed E-state index contributed by atoms with van der Waals surface area (Å²) in [5.74, 6) is 0.726. The van der Waals surface area contributed by atoms with Gasteiger partial charge in [-0.05, 0) is 35.4 Å². The van der Waals surface area contributed by atoms with Gasteiger partial charge in [0.25, 0.3) is 5.56 Å². The Labute approximate surface area is 182 Å². The Morgan fingerprint density at radius 3 is 2.47 bits per heavy atom. The van der Waals surface area contributed by atoms with Crippen LogP contribution in [0.25, 0.3) is 11.1 Å². The Morgan fingerprint density at radius 1 is 1.06 bits per heavy atom. The number of nitrogens with zero attached hydrogens (tertiary/aromatic N) is 3. The summed E-state index contributed by atoms with van der Waals surface area (Å²) in [7, 11) is 1.59. The third kappa shape index (κ3) is 4.08. The molecule has 32 heavy (non-hydrogen) atoms. The fourth-order valence-electron chi connectivity index (χ4n) is 3.67.